The zero-order valence-electron chi connectivity index (χ0n) is 12.4. The molecule has 1 amide bonds. The van der Waals surface area contributed by atoms with Gasteiger partial charge < -0.3 is 5.32 Å². The molecule has 2 aromatic carbocycles. The zero-order valence-corrected chi connectivity index (χ0v) is 14.0. The van der Waals surface area contributed by atoms with Gasteiger partial charge in [0.2, 0.25) is 0 Å². The SMILES string of the molecule is O=C(Nc1ccn(-c2ccc(Cl)cc2)n1)c1cc2ccccc2s1. The zero-order chi connectivity index (χ0) is 16.5. The molecule has 4 aromatic rings. The summed E-state index contributed by atoms with van der Waals surface area (Å²) in [5, 5.41) is 8.95. The number of carbonyl (C=O) groups excluding carboxylic acids is 1. The lowest BCUT2D eigenvalue weighted by molar-refractivity contribution is 0.103. The average molecular weight is 354 g/mol. The Morgan fingerprint density at radius 2 is 1.88 bits per heavy atom. The quantitative estimate of drug-likeness (QED) is 0.563. The number of fused-ring (bicyclic) bond motifs is 1. The van der Waals surface area contributed by atoms with Gasteiger partial charge in [-0.15, -0.1) is 11.3 Å². The number of benzene rings is 2. The van der Waals surface area contributed by atoms with E-state index in [1.807, 2.05) is 42.5 Å². The molecule has 0 unspecified atom stereocenters. The molecule has 24 heavy (non-hydrogen) atoms. The average Bonchev–Trinajstić information content (AvgIpc) is 3.22. The molecule has 0 spiro atoms. The van der Waals surface area contributed by atoms with Gasteiger partial charge in [-0.05, 0) is 41.8 Å². The maximum absolute atomic E-state index is 12.4. The minimum atomic E-state index is -0.155. The first kappa shape index (κ1) is 14.9. The Kier molecular flexibility index (Phi) is 3.80. The van der Waals surface area contributed by atoms with Gasteiger partial charge in [-0.1, -0.05) is 29.8 Å². The number of anilines is 1. The number of hydrogen-bond donors (Lipinski definition) is 1. The summed E-state index contributed by atoms with van der Waals surface area (Å²) in [6.45, 7) is 0. The standard InChI is InChI=1S/C18H12ClN3OS/c19-13-5-7-14(8-6-13)22-10-9-17(21-22)20-18(23)16-11-12-3-1-2-4-15(12)24-16/h1-11H,(H,20,21,23). The molecule has 2 heterocycles. The van der Waals surface area contributed by atoms with Crippen LogP contribution in [0.4, 0.5) is 5.82 Å². The van der Waals surface area contributed by atoms with Crippen molar-refractivity contribution in [3.8, 4) is 5.69 Å². The number of carbonyl (C=O) groups is 1. The van der Waals surface area contributed by atoms with Crippen LogP contribution in [-0.4, -0.2) is 15.7 Å². The minimum Gasteiger partial charge on any atom is -0.304 e. The van der Waals surface area contributed by atoms with Crippen molar-refractivity contribution < 1.29 is 4.79 Å². The molecular weight excluding hydrogens is 342 g/mol. The highest BCUT2D eigenvalue weighted by atomic mass is 35.5. The van der Waals surface area contributed by atoms with Gasteiger partial charge in [0, 0.05) is 22.0 Å². The summed E-state index contributed by atoms with van der Waals surface area (Å²) >= 11 is 7.36. The van der Waals surface area contributed by atoms with Crippen molar-refractivity contribution in [1.82, 2.24) is 9.78 Å². The topological polar surface area (TPSA) is 46.9 Å². The Balaban J connectivity index is 1.54. The van der Waals surface area contributed by atoms with E-state index < -0.39 is 0 Å². The predicted molar refractivity (Wildman–Crippen MR) is 98.4 cm³/mol. The largest absolute Gasteiger partial charge is 0.304 e. The fourth-order valence-electron chi connectivity index (χ4n) is 2.40. The fourth-order valence-corrected chi connectivity index (χ4v) is 3.48. The number of amides is 1. The van der Waals surface area contributed by atoms with E-state index >= 15 is 0 Å². The van der Waals surface area contributed by atoms with E-state index in [2.05, 4.69) is 10.4 Å². The Morgan fingerprint density at radius 3 is 2.67 bits per heavy atom. The maximum Gasteiger partial charge on any atom is 0.266 e. The van der Waals surface area contributed by atoms with Crippen LogP contribution in [0.5, 0.6) is 0 Å². The second-order valence-electron chi connectivity index (χ2n) is 5.22. The van der Waals surface area contributed by atoms with E-state index in [0.717, 1.165) is 15.8 Å². The molecule has 4 nitrogen and oxygen atoms in total. The van der Waals surface area contributed by atoms with Crippen LogP contribution in [0.25, 0.3) is 15.8 Å². The molecule has 6 heteroatoms. The lowest BCUT2D eigenvalue weighted by atomic mass is 10.2. The van der Waals surface area contributed by atoms with Gasteiger partial charge in [0.05, 0.1) is 10.6 Å². The molecule has 0 atom stereocenters. The van der Waals surface area contributed by atoms with Crippen LogP contribution in [0.1, 0.15) is 9.67 Å². The van der Waals surface area contributed by atoms with E-state index in [9.17, 15) is 4.79 Å². The minimum absolute atomic E-state index is 0.155. The lowest BCUT2D eigenvalue weighted by Crippen LogP contribution is -2.10. The summed E-state index contributed by atoms with van der Waals surface area (Å²) in [5.41, 5.74) is 0.877. The molecule has 0 aliphatic rings. The molecule has 0 bridgehead atoms. The van der Waals surface area contributed by atoms with Crippen LogP contribution >= 0.6 is 22.9 Å². The van der Waals surface area contributed by atoms with Gasteiger partial charge in [0.1, 0.15) is 0 Å². The Bertz CT molecular complexity index is 987. The molecule has 118 valence electrons. The molecule has 0 saturated heterocycles. The van der Waals surface area contributed by atoms with Crippen molar-refractivity contribution >= 4 is 44.7 Å². The fraction of sp³-hybridized carbons (Fsp3) is 0. The van der Waals surface area contributed by atoms with E-state index in [1.165, 1.54) is 11.3 Å². The number of aromatic nitrogens is 2. The molecule has 0 aliphatic heterocycles. The van der Waals surface area contributed by atoms with Crippen molar-refractivity contribution in [2.24, 2.45) is 0 Å². The van der Waals surface area contributed by atoms with Crippen molar-refractivity contribution in [2.45, 2.75) is 0 Å². The van der Waals surface area contributed by atoms with Gasteiger partial charge in [-0.2, -0.15) is 5.10 Å². The number of halogens is 1. The van der Waals surface area contributed by atoms with Crippen molar-refractivity contribution in [2.75, 3.05) is 5.32 Å². The molecule has 0 radical (unpaired) electrons. The lowest BCUT2D eigenvalue weighted by Gasteiger charge is -2.01. The van der Waals surface area contributed by atoms with Crippen LogP contribution in [0, 0.1) is 0 Å². The third kappa shape index (κ3) is 2.91. The Morgan fingerprint density at radius 1 is 1.08 bits per heavy atom. The first-order valence-corrected chi connectivity index (χ1v) is 8.50. The second-order valence-corrected chi connectivity index (χ2v) is 6.74. The third-order valence-corrected chi connectivity index (χ3v) is 4.94. The molecule has 4 rings (SSSR count). The van der Waals surface area contributed by atoms with Crippen molar-refractivity contribution in [3.63, 3.8) is 0 Å². The molecule has 0 saturated carbocycles. The summed E-state index contributed by atoms with van der Waals surface area (Å²) < 4.78 is 2.78. The monoisotopic (exact) mass is 353 g/mol. The highest BCUT2D eigenvalue weighted by molar-refractivity contribution is 7.20. The normalized spacial score (nSPS) is 10.9. The molecule has 0 fully saturated rings. The summed E-state index contributed by atoms with van der Waals surface area (Å²) in [5.74, 6) is 0.352. The summed E-state index contributed by atoms with van der Waals surface area (Å²) in [4.78, 5) is 13.1. The summed E-state index contributed by atoms with van der Waals surface area (Å²) in [7, 11) is 0. The van der Waals surface area contributed by atoms with Gasteiger partial charge in [-0.3, -0.25) is 4.79 Å². The Labute approximate surface area is 147 Å². The van der Waals surface area contributed by atoms with Crippen LogP contribution in [0.15, 0.2) is 66.9 Å². The smallest absolute Gasteiger partial charge is 0.266 e. The van der Waals surface area contributed by atoms with Gasteiger partial charge in [0.15, 0.2) is 5.82 Å². The number of nitrogens with zero attached hydrogens (tertiary/aromatic N) is 2. The van der Waals surface area contributed by atoms with E-state index in [4.69, 9.17) is 11.6 Å². The van der Waals surface area contributed by atoms with Crippen molar-refractivity contribution in [1.29, 1.82) is 0 Å². The van der Waals surface area contributed by atoms with E-state index in [0.29, 0.717) is 15.7 Å². The van der Waals surface area contributed by atoms with E-state index in [-0.39, 0.29) is 5.91 Å². The van der Waals surface area contributed by atoms with Crippen LogP contribution in [0.2, 0.25) is 5.02 Å². The molecule has 0 aliphatic carbocycles. The maximum atomic E-state index is 12.4. The first-order chi connectivity index (χ1) is 11.7. The number of rotatable bonds is 3. The van der Waals surface area contributed by atoms with Crippen molar-refractivity contribution in [3.05, 3.63) is 76.8 Å². The van der Waals surface area contributed by atoms with Gasteiger partial charge >= 0.3 is 0 Å². The van der Waals surface area contributed by atoms with Gasteiger partial charge in [-0.25, -0.2) is 4.68 Å². The molecule has 1 N–H and O–H groups in total. The highest BCUT2D eigenvalue weighted by Gasteiger charge is 2.12. The number of nitrogens with one attached hydrogen (secondary N) is 1. The second kappa shape index (κ2) is 6.11. The van der Waals surface area contributed by atoms with E-state index in [1.54, 1.807) is 29.1 Å². The Hall–Kier alpha value is -2.63. The molecule has 2 aromatic heterocycles. The molecular formula is C18H12ClN3OS. The summed E-state index contributed by atoms with van der Waals surface area (Å²) in [6.07, 6.45) is 1.80. The highest BCUT2D eigenvalue weighted by Crippen LogP contribution is 2.26. The van der Waals surface area contributed by atoms with Crippen LogP contribution in [-0.2, 0) is 0 Å². The number of hydrogen-bond acceptors (Lipinski definition) is 3. The first-order valence-electron chi connectivity index (χ1n) is 7.30. The predicted octanol–water partition coefficient (Wildman–Crippen LogP) is 4.99. The van der Waals surface area contributed by atoms with Crippen LogP contribution in [0.3, 0.4) is 0 Å². The van der Waals surface area contributed by atoms with Crippen LogP contribution < -0.4 is 5.32 Å². The van der Waals surface area contributed by atoms with Gasteiger partial charge in [0.25, 0.3) is 5.91 Å². The third-order valence-electron chi connectivity index (χ3n) is 3.57. The summed E-state index contributed by atoms with van der Waals surface area (Å²) in [6, 6.07) is 18.9. The number of thiophene rings is 1.